The minimum absolute atomic E-state index is 0.241. The van der Waals surface area contributed by atoms with E-state index in [1.165, 1.54) is 18.6 Å². The van der Waals surface area contributed by atoms with Crippen molar-refractivity contribution in [2.75, 3.05) is 17.6 Å². The van der Waals surface area contributed by atoms with Gasteiger partial charge in [0.25, 0.3) is 5.91 Å². The number of hydrogen-bond donors (Lipinski definition) is 3. The summed E-state index contributed by atoms with van der Waals surface area (Å²) in [6, 6.07) is 1.51. The highest BCUT2D eigenvalue weighted by Gasteiger charge is 2.07. The second kappa shape index (κ2) is 5.13. The Balaban J connectivity index is 1.97. The summed E-state index contributed by atoms with van der Waals surface area (Å²) in [7, 11) is 0. The van der Waals surface area contributed by atoms with Gasteiger partial charge >= 0.3 is 0 Å². The second-order valence-electron chi connectivity index (χ2n) is 3.53. The topological polar surface area (TPSA) is 133 Å². The zero-order valence-electron chi connectivity index (χ0n) is 9.46. The predicted octanol–water partition coefficient (Wildman–Crippen LogP) is -0.200. The second-order valence-corrected chi connectivity index (χ2v) is 3.53. The molecule has 0 aliphatic carbocycles. The van der Waals surface area contributed by atoms with Gasteiger partial charge in [0, 0.05) is 13.0 Å². The largest absolute Gasteiger partial charge is 0.397 e. The Hall–Kier alpha value is -2.64. The monoisotopic (exact) mass is 248 g/mol. The number of aromatic nitrogens is 3. The number of anilines is 2. The molecule has 2 rings (SSSR count). The summed E-state index contributed by atoms with van der Waals surface area (Å²) in [6.07, 6.45) is 3.27. The summed E-state index contributed by atoms with van der Waals surface area (Å²) in [5, 5.41) is 6.49. The maximum absolute atomic E-state index is 11.1. The van der Waals surface area contributed by atoms with Crippen LogP contribution < -0.4 is 16.8 Å². The molecule has 0 aliphatic heterocycles. The fraction of sp³-hybridized carbons (Fsp3) is 0.200. The van der Waals surface area contributed by atoms with Crippen LogP contribution in [0.4, 0.5) is 11.5 Å². The quantitative estimate of drug-likeness (QED) is 0.667. The minimum Gasteiger partial charge on any atom is -0.397 e. The number of hydrogen-bond acceptors (Lipinski definition) is 7. The van der Waals surface area contributed by atoms with E-state index in [1.54, 1.807) is 0 Å². The van der Waals surface area contributed by atoms with Crippen LogP contribution in [0.2, 0.25) is 0 Å². The van der Waals surface area contributed by atoms with Crippen molar-refractivity contribution < 1.29 is 9.32 Å². The van der Waals surface area contributed by atoms with Crippen molar-refractivity contribution >= 4 is 17.4 Å². The number of amides is 1. The van der Waals surface area contributed by atoms with Gasteiger partial charge in [0.05, 0.1) is 17.4 Å². The number of carbonyl (C=O) groups is 1. The summed E-state index contributed by atoms with van der Waals surface area (Å²) < 4.78 is 4.84. The molecule has 1 amide bonds. The van der Waals surface area contributed by atoms with E-state index >= 15 is 0 Å². The molecule has 0 saturated heterocycles. The van der Waals surface area contributed by atoms with Crippen molar-refractivity contribution in [1.82, 2.24) is 15.1 Å². The van der Waals surface area contributed by atoms with E-state index in [1.807, 2.05) is 0 Å². The Morgan fingerprint density at radius 1 is 1.44 bits per heavy atom. The lowest BCUT2D eigenvalue weighted by Crippen LogP contribution is -2.15. The van der Waals surface area contributed by atoms with E-state index in [-0.39, 0.29) is 11.3 Å². The average molecular weight is 248 g/mol. The van der Waals surface area contributed by atoms with Crippen molar-refractivity contribution in [3.8, 4) is 0 Å². The summed E-state index contributed by atoms with van der Waals surface area (Å²) >= 11 is 0. The Morgan fingerprint density at radius 2 is 2.28 bits per heavy atom. The first-order valence-corrected chi connectivity index (χ1v) is 5.21. The van der Waals surface area contributed by atoms with Crippen LogP contribution >= 0.6 is 0 Å². The maximum Gasteiger partial charge on any atom is 0.250 e. The fourth-order valence-electron chi connectivity index (χ4n) is 1.38. The first-order chi connectivity index (χ1) is 8.66. The average Bonchev–Trinajstić information content (AvgIpc) is 2.84. The molecule has 2 aromatic rings. The first-order valence-electron chi connectivity index (χ1n) is 5.21. The van der Waals surface area contributed by atoms with Gasteiger partial charge in [-0.2, -0.15) is 4.98 Å². The number of primary amides is 1. The van der Waals surface area contributed by atoms with Gasteiger partial charge in [-0.15, -0.1) is 0 Å². The van der Waals surface area contributed by atoms with E-state index < -0.39 is 5.91 Å². The summed E-state index contributed by atoms with van der Waals surface area (Å²) in [6.45, 7) is 0.539. The number of nitrogens with two attached hydrogens (primary N) is 2. The van der Waals surface area contributed by atoms with E-state index in [0.717, 1.165) is 0 Å². The highest BCUT2D eigenvalue weighted by molar-refractivity contribution is 5.98. The number of rotatable bonds is 5. The van der Waals surface area contributed by atoms with Crippen molar-refractivity contribution in [2.45, 2.75) is 6.42 Å². The Morgan fingerprint density at radius 3 is 2.94 bits per heavy atom. The fourth-order valence-corrected chi connectivity index (χ4v) is 1.38. The molecule has 94 valence electrons. The van der Waals surface area contributed by atoms with Gasteiger partial charge in [-0.25, -0.2) is 4.98 Å². The van der Waals surface area contributed by atoms with Crippen molar-refractivity contribution in [3.63, 3.8) is 0 Å². The zero-order valence-corrected chi connectivity index (χ0v) is 9.46. The number of nitrogens with zero attached hydrogens (tertiary/aromatic N) is 3. The van der Waals surface area contributed by atoms with Crippen LogP contribution in [0.3, 0.4) is 0 Å². The van der Waals surface area contributed by atoms with E-state index in [0.29, 0.717) is 24.7 Å². The Bertz CT molecular complexity index is 539. The number of nitrogen functional groups attached to an aromatic ring is 1. The zero-order chi connectivity index (χ0) is 13.0. The van der Waals surface area contributed by atoms with Gasteiger partial charge in [0.2, 0.25) is 5.89 Å². The number of pyridine rings is 1. The van der Waals surface area contributed by atoms with Gasteiger partial charge in [-0.1, -0.05) is 5.16 Å². The Kier molecular flexibility index (Phi) is 3.37. The summed E-state index contributed by atoms with van der Waals surface area (Å²) in [5.41, 5.74) is 11.2. The number of carbonyl (C=O) groups excluding carboxylic acids is 1. The van der Waals surface area contributed by atoms with Crippen LogP contribution in [-0.4, -0.2) is 27.6 Å². The van der Waals surface area contributed by atoms with Crippen LogP contribution in [0.15, 0.2) is 23.1 Å². The third-order valence-corrected chi connectivity index (χ3v) is 2.25. The molecule has 0 aliphatic rings. The smallest absolute Gasteiger partial charge is 0.250 e. The molecule has 8 heteroatoms. The third kappa shape index (κ3) is 2.73. The Labute approximate surface area is 102 Å². The standard InChI is InChI=1S/C10H12N6O2/c11-7-4-14-8(3-6(7)10(12)17)13-2-1-9-15-5-16-18-9/h3-5H,1-2,11H2,(H2,12,17)(H,13,14). The molecule has 2 heterocycles. The van der Waals surface area contributed by atoms with E-state index in [9.17, 15) is 4.79 Å². The van der Waals surface area contributed by atoms with Crippen LogP contribution in [0.5, 0.6) is 0 Å². The van der Waals surface area contributed by atoms with Crippen molar-refractivity contribution in [2.24, 2.45) is 5.73 Å². The van der Waals surface area contributed by atoms with E-state index in [4.69, 9.17) is 16.0 Å². The lowest BCUT2D eigenvalue weighted by molar-refractivity contribution is 0.100. The van der Waals surface area contributed by atoms with Gasteiger partial charge in [0.15, 0.2) is 6.33 Å². The molecular weight excluding hydrogens is 236 g/mol. The summed E-state index contributed by atoms with van der Waals surface area (Å²) in [4.78, 5) is 19.0. The third-order valence-electron chi connectivity index (χ3n) is 2.25. The van der Waals surface area contributed by atoms with Crippen LogP contribution in [0.25, 0.3) is 0 Å². The number of nitrogens with one attached hydrogen (secondary N) is 1. The van der Waals surface area contributed by atoms with Crippen LogP contribution in [0, 0.1) is 0 Å². The lowest BCUT2D eigenvalue weighted by atomic mass is 10.2. The molecule has 0 unspecified atom stereocenters. The van der Waals surface area contributed by atoms with Gasteiger partial charge in [0.1, 0.15) is 5.82 Å². The molecule has 0 bridgehead atoms. The van der Waals surface area contributed by atoms with Crippen molar-refractivity contribution in [1.29, 1.82) is 0 Å². The van der Waals surface area contributed by atoms with E-state index in [2.05, 4.69) is 20.4 Å². The van der Waals surface area contributed by atoms with Gasteiger partial charge in [-0.05, 0) is 6.07 Å². The predicted molar refractivity (Wildman–Crippen MR) is 63.7 cm³/mol. The lowest BCUT2D eigenvalue weighted by Gasteiger charge is -2.06. The maximum atomic E-state index is 11.1. The molecule has 2 aromatic heterocycles. The SMILES string of the molecule is NC(=O)c1cc(NCCc2ncno2)ncc1N. The molecular formula is C10H12N6O2. The molecule has 0 fully saturated rings. The normalized spacial score (nSPS) is 10.2. The van der Waals surface area contributed by atoms with Gasteiger partial charge < -0.3 is 21.3 Å². The first kappa shape index (κ1) is 11.8. The highest BCUT2D eigenvalue weighted by Crippen LogP contribution is 2.13. The molecule has 0 spiro atoms. The summed E-state index contributed by atoms with van der Waals surface area (Å²) in [5.74, 6) is 0.445. The van der Waals surface area contributed by atoms with Gasteiger partial charge in [-0.3, -0.25) is 4.79 Å². The molecule has 5 N–H and O–H groups in total. The molecule has 18 heavy (non-hydrogen) atoms. The molecule has 0 radical (unpaired) electrons. The highest BCUT2D eigenvalue weighted by atomic mass is 16.5. The van der Waals surface area contributed by atoms with Crippen LogP contribution in [0.1, 0.15) is 16.2 Å². The van der Waals surface area contributed by atoms with Crippen molar-refractivity contribution in [3.05, 3.63) is 30.0 Å². The molecule has 0 aromatic carbocycles. The molecule has 8 nitrogen and oxygen atoms in total. The molecule has 0 atom stereocenters. The van der Waals surface area contributed by atoms with Crippen LogP contribution in [-0.2, 0) is 6.42 Å². The molecule has 0 saturated carbocycles. The minimum atomic E-state index is -0.588.